The second-order valence-corrected chi connectivity index (χ2v) is 7.00. The first kappa shape index (κ1) is 15.7. The topological polar surface area (TPSA) is 69.9 Å². The monoisotopic (exact) mass is 360 g/mol. The first-order valence-electron chi connectivity index (χ1n) is 7.03. The van der Waals surface area contributed by atoms with Gasteiger partial charge >= 0.3 is 5.97 Å². The summed E-state index contributed by atoms with van der Waals surface area (Å²) in [4.78, 5) is 12.0. The molecule has 0 bridgehead atoms. The van der Waals surface area contributed by atoms with Crippen LogP contribution < -0.4 is 0 Å². The zero-order valence-corrected chi connectivity index (χ0v) is 14.0. The van der Waals surface area contributed by atoms with E-state index in [1.807, 2.05) is 0 Å². The van der Waals surface area contributed by atoms with Gasteiger partial charge in [-0.3, -0.25) is 0 Å². The van der Waals surface area contributed by atoms with Gasteiger partial charge < -0.3 is 4.74 Å². The Hall–Kier alpha value is -1.18. The van der Waals surface area contributed by atoms with Gasteiger partial charge in [-0.1, -0.05) is 42.5 Å². The Kier molecular flexibility index (Phi) is 4.95. The number of ether oxygens (including phenoxy) is 1. The van der Waals surface area contributed by atoms with E-state index in [0.29, 0.717) is 10.2 Å². The fourth-order valence-corrected chi connectivity index (χ4v) is 3.80. The van der Waals surface area contributed by atoms with Crippen molar-refractivity contribution < 1.29 is 9.53 Å². The summed E-state index contributed by atoms with van der Waals surface area (Å²) in [5, 5.41) is 13.5. The van der Waals surface area contributed by atoms with E-state index in [-0.39, 0.29) is 23.2 Å². The number of tetrazole rings is 1. The van der Waals surface area contributed by atoms with Crippen LogP contribution in [-0.4, -0.2) is 26.2 Å². The van der Waals surface area contributed by atoms with E-state index >= 15 is 0 Å². The maximum atomic E-state index is 12.0. The molecule has 1 aliphatic rings. The second-order valence-electron chi connectivity index (χ2n) is 5.14. The Morgan fingerprint density at radius 2 is 2.14 bits per heavy atom. The number of aromatic nitrogens is 4. The first-order valence-corrected chi connectivity index (χ1v) is 8.66. The number of carbonyl (C=O) groups is 1. The average molecular weight is 361 g/mol. The largest absolute Gasteiger partial charge is 0.454 e. The average Bonchev–Trinajstić information content (AvgIpc) is 3.14. The number of carbonyl (C=O) groups excluding carboxylic acids is 1. The summed E-state index contributed by atoms with van der Waals surface area (Å²) in [5.74, 6) is 0.0315. The molecule has 2 aromatic rings. The zero-order valence-electron chi connectivity index (χ0n) is 11.7. The SMILES string of the molecule is O=C(OCc1nnnn1C1CCCCC1)c1csc(Cl)c1Cl. The Balaban J connectivity index is 1.65. The van der Waals surface area contributed by atoms with Gasteiger partial charge in [0.15, 0.2) is 12.4 Å². The van der Waals surface area contributed by atoms with Gasteiger partial charge in [-0.05, 0) is 23.3 Å². The van der Waals surface area contributed by atoms with Gasteiger partial charge in [0.25, 0.3) is 0 Å². The minimum absolute atomic E-state index is 0.0200. The van der Waals surface area contributed by atoms with Crippen LogP contribution in [0.1, 0.15) is 54.3 Å². The highest BCUT2D eigenvalue weighted by Crippen LogP contribution is 2.33. The highest BCUT2D eigenvalue weighted by molar-refractivity contribution is 7.15. The molecule has 0 unspecified atom stereocenters. The molecule has 0 radical (unpaired) electrons. The van der Waals surface area contributed by atoms with E-state index in [4.69, 9.17) is 27.9 Å². The molecule has 2 aromatic heterocycles. The Morgan fingerprint density at radius 3 is 2.82 bits per heavy atom. The van der Waals surface area contributed by atoms with Gasteiger partial charge in [-0.15, -0.1) is 16.4 Å². The number of hydrogen-bond acceptors (Lipinski definition) is 6. The summed E-state index contributed by atoms with van der Waals surface area (Å²) in [6.45, 7) is 0.0200. The second kappa shape index (κ2) is 6.93. The number of esters is 1. The lowest BCUT2D eigenvalue weighted by Crippen LogP contribution is -2.18. The molecule has 2 heterocycles. The predicted octanol–water partition coefficient (Wildman–Crippen LogP) is 3.90. The highest BCUT2D eigenvalue weighted by Gasteiger charge is 2.22. The minimum Gasteiger partial charge on any atom is -0.454 e. The predicted molar refractivity (Wildman–Crippen MR) is 83.4 cm³/mol. The summed E-state index contributed by atoms with van der Waals surface area (Å²) in [6, 6.07) is 0.289. The van der Waals surface area contributed by atoms with E-state index in [1.54, 1.807) is 10.1 Å². The van der Waals surface area contributed by atoms with Crippen molar-refractivity contribution in [1.82, 2.24) is 20.2 Å². The molecule has 9 heteroatoms. The van der Waals surface area contributed by atoms with Crippen molar-refractivity contribution in [3.8, 4) is 0 Å². The molecular formula is C13H14Cl2N4O2S. The smallest absolute Gasteiger partial charge is 0.341 e. The van der Waals surface area contributed by atoms with E-state index in [1.165, 1.54) is 30.6 Å². The Morgan fingerprint density at radius 1 is 1.36 bits per heavy atom. The number of nitrogens with zero attached hydrogens (tertiary/aromatic N) is 4. The van der Waals surface area contributed by atoms with Crippen LogP contribution in [0.5, 0.6) is 0 Å². The Labute approximate surface area is 141 Å². The lowest BCUT2D eigenvalue weighted by Gasteiger charge is -2.22. The minimum atomic E-state index is -0.522. The van der Waals surface area contributed by atoms with Crippen LogP contribution >= 0.6 is 34.5 Å². The molecule has 1 fully saturated rings. The summed E-state index contributed by atoms with van der Waals surface area (Å²) in [7, 11) is 0. The summed E-state index contributed by atoms with van der Waals surface area (Å²) >= 11 is 13.0. The van der Waals surface area contributed by atoms with Crippen LogP contribution in [0.3, 0.4) is 0 Å². The van der Waals surface area contributed by atoms with Crippen LogP contribution in [0.25, 0.3) is 0 Å². The van der Waals surface area contributed by atoms with Gasteiger partial charge in [0.05, 0.1) is 16.6 Å². The number of rotatable bonds is 4. The van der Waals surface area contributed by atoms with Crippen molar-refractivity contribution in [2.75, 3.05) is 0 Å². The lowest BCUT2D eigenvalue weighted by molar-refractivity contribution is 0.0453. The Bertz CT molecular complexity index is 667. The summed E-state index contributed by atoms with van der Waals surface area (Å²) in [5.41, 5.74) is 0.272. The molecule has 6 nitrogen and oxygen atoms in total. The maximum absolute atomic E-state index is 12.0. The highest BCUT2D eigenvalue weighted by atomic mass is 35.5. The third-order valence-electron chi connectivity index (χ3n) is 3.72. The first-order chi connectivity index (χ1) is 10.7. The summed E-state index contributed by atoms with van der Waals surface area (Å²) in [6.07, 6.45) is 5.70. The number of hydrogen-bond donors (Lipinski definition) is 0. The van der Waals surface area contributed by atoms with Crippen LogP contribution in [0.2, 0.25) is 9.36 Å². The van der Waals surface area contributed by atoms with E-state index in [0.717, 1.165) is 12.8 Å². The molecule has 1 saturated carbocycles. The molecule has 22 heavy (non-hydrogen) atoms. The van der Waals surface area contributed by atoms with Gasteiger partial charge in [0.2, 0.25) is 0 Å². The molecule has 0 atom stereocenters. The van der Waals surface area contributed by atoms with Crippen molar-refractivity contribution in [3.05, 3.63) is 26.1 Å². The van der Waals surface area contributed by atoms with Gasteiger partial charge in [0, 0.05) is 5.38 Å². The van der Waals surface area contributed by atoms with Crippen LogP contribution in [0.4, 0.5) is 0 Å². The number of thiophene rings is 1. The maximum Gasteiger partial charge on any atom is 0.341 e. The normalized spacial score (nSPS) is 15.9. The van der Waals surface area contributed by atoms with E-state index in [2.05, 4.69) is 15.5 Å². The van der Waals surface area contributed by atoms with Crippen molar-refractivity contribution in [2.45, 2.75) is 44.8 Å². The molecular weight excluding hydrogens is 347 g/mol. The fraction of sp³-hybridized carbons (Fsp3) is 0.538. The van der Waals surface area contributed by atoms with E-state index < -0.39 is 5.97 Å². The number of halogens is 2. The molecule has 1 aliphatic carbocycles. The third-order valence-corrected chi connectivity index (χ3v) is 5.55. The zero-order chi connectivity index (χ0) is 15.5. The molecule has 0 spiro atoms. The molecule has 0 N–H and O–H groups in total. The van der Waals surface area contributed by atoms with E-state index in [9.17, 15) is 4.79 Å². The third kappa shape index (κ3) is 3.26. The summed E-state index contributed by atoms with van der Waals surface area (Å²) < 4.78 is 7.41. The van der Waals surface area contributed by atoms with Crippen LogP contribution in [0.15, 0.2) is 5.38 Å². The molecule has 0 aromatic carbocycles. The van der Waals surface area contributed by atoms with Crippen molar-refractivity contribution >= 4 is 40.5 Å². The molecule has 0 saturated heterocycles. The van der Waals surface area contributed by atoms with Crippen molar-refractivity contribution in [1.29, 1.82) is 0 Å². The van der Waals surface area contributed by atoms with Gasteiger partial charge in [-0.25, -0.2) is 9.48 Å². The lowest BCUT2D eigenvalue weighted by atomic mass is 9.96. The quantitative estimate of drug-likeness (QED) is 0.773. The van der Waals surface area contributed by atoms with Crippen molar-refractivity contribution in [2.24, 2.45) is 0 Å². The van der Waals surface area contributed by atoms with Gasteiger partial charge in [0.1, 0.15) is 4.34 Å². The van der Waals surface area contributed by atoms with Gasteiger partial charge in [-0.2, -0.15) is 0 Å². The molecule has 3 rings (SSSR count). The standard InChI is InChI=1S/C13H14Cl2N4O2S/c14-11-9(7-22-12(11)15)13(20)21-6-10-16-17-18-19(10)8-4-2-1-3-5-8/h7-8H,1-6H2. The van der Waals surface area contributed by atoms with Crippen molar-refractivity contribution in [3.63, 3.8) is 0 Å². The van der Waals surface area contributed by atoms with Crippen LogP contribution in [0, 0.1) is 0 Å². The molecule has 0 amide bonds. The fourth-order valence-electron chi connectivity index (χ4n) is 2.58. The van der Waals surface area contributed by atoms with Crippen LogP contribution in [-0.2, 0) is 11.3 Å². The molecule has 118 valence electrons. The molecule has 0 aliphatic heterocycles.